The van der Waals surface area contributed by atoms with Crippen molar-refractivity contribution in [1.82, 2.24) is 21.3 Å². The molecule has 0 aliphatic carbocycles. The Labute approximate surface area is 170 Å². The predicted molar refractivity (Wildman–Crippen MR) is 108 cm³/mol. The fourth-order valence-corrected chi connectivity index (χ4v) is 2.67. The van der Waals surface area contributed by atoms with E-state index in [0.29, 0.717) is 0 Å². The number of benzene rings is 1. The van der Waals surface area contributed by atoms with Crippen molar-refractivity contribution >= 4 is 23.7 Å². The molecule has 0 spiro atoms. The van der Waals surface area contributed by atoms with E-state index < -0.39 is 29.9 Å². The van der Waals surface area contributed by atoms with Gasteiger partial charge in [0.15, 0.2) is 0 Å². The maximum atomic E-state index is 12.7. The number of hydrogen-bond donors (Lipinski definition) is 5. The summed E-state index contributed by atoms with van der Waals surface area (Å²) in [4.78, 5) is 47.9. The fourth-order valence-electron chi connectivity index (χ4n) is 2.67. The molecule has 0 aliphatic rings. The van der Waals surface area contributed by atoms with Crippen LogP contribution in [0.1, 0.15) is 25.8 Å². The van der Waals surface area contributed by atoms with Gasteiger partial charge in [0.1, 0.15) is 12.1 Å². The molecular weight excluding hydrogens is 376 g/mol. The maximum absolute atomic E-state index is 12.7. The van der Waals surface area contributed by atoms with Crippen LogP contribution in [0.4, 0.5) is 0 Å². The van der Waals surface area contributed by atoms with Crippen molar-refractivity contribution in [2.45, 2.75) is 38.8 Å². The number of carboxylic acid groups (broad SMARTS) is 1. The quantitative estimate of drug-likeness (QED) is 0.322. The molecule has 160 valence electrons. The molecule has 0 saturated heterocycles. The number of carboxylic acids is 1. The third-order valence-corrected chi connectivity index (χ3v) is 4.04. The van der Waals surface area contributed by atoms with Gasteiger partial charge in [0.25, 0.3) is 0 Å². The number of carbonyl (C=O) groups is 4. The van der Waals surface area contributed by atoms with Crippen molar-refractivity contribution in [2.75, 3.05) is 20.1 Å². The average molecular weight is 406 g/mol. The van der Waals surface area contributed by atoms with Crippen molar-refractivity contribution in [3.05, 3.63) is 35.9 Å². The minimum atomic E-state index is -1.13. The van der Waals surface area contributed by atoms with Crippen LogP contribution in [0, 0.1) is 5.92 Å². The summed E-state index contributed by atoms with van der Waals surface area (Å²) in [7, 11) is 1.61. The first-order chi connectivity index (χ1) is 13.7. The highest BCUT2D eigenvalue weighted by Gasteiger charge is 2.27. The molecule has 0 saturated carbocycles. The highest BCUT2D eigenvalue weighted by atomic mass is 16.4. The van der Waals surface area contributed by atoms with E-state index in [2.05, 4.69) is 21.3 Å². The van der Waals surface area contributed by atoms with Crippen LogP contribution in [0.25, 0.3) is 0 Å². The van der Waals surface area contributed by atoms with Crippen molar-refractivity contribution in [3.63, 3.8) is 0 Å². The van der Waals surface area contributed by atoms with Crippen LogP contribution in [0.2, 0.25) is 0 Å². The number of hydrogen-bond acceptors (Lipinski definition) is 5. The van der Waals surface area contributed by atoms with E-state index >= 15 is 0 Å². The van der Waals surface area contributed by atoms with E-state index in [1.165, 1.54) is 0 Å². The van der Waals surface area contributed by atoms with Gasteiger partial charge in [-0.25, -0.2) is 4.79 Å². The molecule has 2 atom stereocenters. The first-order valence-corrected chi connectivity index (χ1v) is 9.50. The molecule has 1 aromatic rings. The molecule has 29 heavy (non-hydrogen) atoms. The summed E-state index contributed by atoms with van der Waals surface area (Å²) in [5.41, 5.74) is 0.808. The van der Waals surface area contributed by atoms with Crippen molar-refractivity contribution in [3.8, 4) is 0 Å². The number of aliphatic carboxylic acids is 1. The van der Waals surface area contributed by atoms with Gasteiger partial charge in [-0.15, -0.1) is 0 Å². The first kappa shape index (κ1) is 24.1. The summed E-state index contributed by atoms with van der Waals surface area (Å²) >= 11 is 0. The summed E-state index contributed by atoms with van der Waals surface area (Å²) in [6, 6.07) is 7.05. The topological polar surface area (TPSA) is 137 Å². The molecule has 5 N–H and O–H groups in total. The van der Waals surface area contributed by atoms with Crippen LogP contribution in [-0.2, 0) is 25.6 Å². The van der Waals surface area contributed by atoms with Gasteiger partial charge in [-0.2, -0.15) is 0 Å². The van der Waals surface area contributed by atoms with Gasteiger partial charge < -0.3 is 26.4 Å². The lowest BCUT2D eigenvalue weighted by molar-refractivity contribution is -0.142. The Kier molecular flexibility index (Phi) is 10.4. The van der Waals surface area contributed by atoms with Gasteiger partial charge in [-0.05, 0) is 24.9 Å². The third kappa shape index (κ3) is 9.70. The van der Waals surface area contributed by atoms with Crippen LogP contribution < -0.4 is 21.3 Å². The van der Waals surface area contributed by atoms with Crippen molar-refractivity contribution < 1.29 is 24.3 Å². The molecule has 0 unspecified atom stereocenters. The molecule has 1 rings (SSSR count). The Morgan fingerprint density at radius 1 is 0.931 bits per heavy atom. The Morgan fingerprint density at radius 2 is 1.59 bits per heavy atom. The standard InChI is InChI=1S/C20H30N4O5/c1-13(2)9-16(20(28)29)24-19(27)15(10-14-7-5-4-6-8-14)23-18(26)12-22-17(25)11-21-3/h4-8,13,15-16,21H,9-12H2,1-3H3,(H,22,25)(H,23,26)(H,24,27)(H,28,29)/t15-,16-/m0/s1. The lowest BCUT2D eigenvalue weighted by atomic mass is 10.0. The maximum Gasteiger partial charge on any atom is 0.326 e. The second kappa shape index (κ2) is 12.5. The van der Waals surface area contributed by atoms with Crippen LogP contribution in [-0.4, -0.2) is 61.0 Å². The zero-order valence-corrected chi connectivity index (χ0v) is 17.0. The Bertz CT molecular complexity index is 693. The SMILES string of the molecule is CNCC(=O)NCC(=O)N[C@@H](Cc1ccccc1)C(=O)N[C@@H](CC(C)C)C(=O)O. The lowest BCUT2D eigenvalue weighted by Crippen LogP contribution is -2.54. The van der Waals surface area contributed by atoms with Crippen molar-refractivity contribution in [1.29, 1.82) is 0 Å². The summed E-state index contributed by atoms with van der Waals surface area (Å²) in [5, 5.41) is 19.6. The highest BCUT2D eigenvalue weighted by Crippen LogP contribution is 2.07. The highest BCUT2D eigenvalue weighted by molar-refractivity contribution is 5.92. The van der Waals surface area contributed by atoms with Crippen LogP contribution in [0.5, 0.6) is 0 Å². The minimum Gasteiger partial charge on any atom is -0.480 e. The van der Waals surface area contributed by atoms with E-state index in [4.69, 9.17) is 0 Å². The molecule has 0 aromatic heterocycles. The van der Waals surface area contributed by atoms with E-state index in [-0.39, 0.29) is 37.8 Å². The Balaban J connectivity index is 2.83. The molecule has 0 radical (unpaired) electrons. The zero-order valence-electron chi connectivity index (χ0n) is 17.0. The number of likely N-dealkylation sites (N-methyl/N-ethyl adjacent to an activating group) is 1. The van der Waals surface area contributed by atoms with Crippen LogP contribution in [0.15, 0.2) is 30.3 Å². The largest absolute Gasteiger partial charge is 0.480 e. The minimum absolute atomic E-state index is 0.0662. The summed E-state index contributed by atoms with van der Waals surface area (Å²) < 4.78 is 0. The second-order valence-electron chi connectivity index (χ2n) is 7.15. The fraction of sp³-hybridized carbons (Fsp3) is 0.500. The second-order valence-corrected chi connectivity index (χ2v) is 7.15. The number of nitrogens with one attached hydrogen (secondary N) is 4. The van der Waals surface area contributed by atoms with Gasteiger partial charge in [0.05, 0.1) is 13.1 Å². The molecule has 9 nitrogen and oxygen atoms in total. The third-order valence-electron chi connectivity index (χ3n) is 4.04. The molecule has 0 aliphatic heterocycles. The van der Waals surface area contributed by atoms with E-state index in [1.54, 1.807) is 7.05 Å². The van der Waals surface area contributed by atoms with Gasteiger partial charge in [-0.1, -0.05) is 44.2 Å². The molecule has 3 amide bonds. The van der Waals surface area contributed by atoms with Crippen LogP contribution >= 0.6 is 0 Å². The smallest absolute Gasteiger partial charge is 0.326 e. The summed E-state index contributed by atoms with van der Waals surface area (Å²) in [6.07, 6.45) is 0.462. The molecule has 9 heteroatoms. The number of carbonyl (C=O) groups excluding carboxylic acids is 3. The van der Waals surface area contributed by atoms with Gasteiger partial charge in [-0.3, -0.25) is 14.4 Å². The summed E-state index contributed by atoms with van der Waals surface area (Å²) in [6.45, 7) is 3.50. The van der Waals surface area contributed by atoms with E-state index in [9.17, 15) is 24.3 Å². The van der Waals surface area contributed by atoms with Crippen molar-refractivity contribution in [2.24, 2.45) is 5.92 Å². The summed E-state index contributed by atoms with van der Waals surface area (Å²) in [5.74, 6) is -2.54. The predicted octanol–water partition coefficient (Wildman–Crippen LogP) is -0.335. The Hall–Kier alpha value is -2.94. The zero-order chi connectivity index (χ0) is 21.8. The normalized spacial score (nSPS) is 12.7. The van der Waals surface area contributed by atoms with Gasteiger partial charge >= 0.3 is 5.97 Å². The van der Waals surface area contributed by atoms with E-state index in [1.807, 2.05) is 44.2 Å². The molecular formula is C20H30N4O5. The average Bonchev–Trinajstić information content (AvgIpc) is 2.66. The van der Waals surface area contributed by atoms with E-state index in [0.717, 1.165) is 5.56 Å². The molecule has 0 heterocycles. The van der Waals surface area contributed by atoms with Gasteiger partial charge in [0.2, 0.25) is 17.7 Å². The Morgan fingerprint density at radius 3 is 2.14 bits per heavy atom. The molecule has 0 fully saturated rings. The molecule has 1 aromatic carbocycles. The number of rotatable bonds is 12. The van der Waals surface area contributed by atoms with Crippen LogP contribution in [0.3, 0.4) is 0 Å². The lowest BCUT2D eigenvalue weighted by Gasteiger charge is -2.22. The first-order valence-electron chi connectivity index (χ1n) is 9.50. The number of amides is 3. The molecule has 0 bridgehead atoms. The monoisotopic (exact) mass is 406 g/mol. The van der Waals surface area contributed by atoms with Gasteiger partial charge in [0, 0.05) is 6.42 Å².